The quantitative estimate of drug-likeness (QED) is 0.787. The summed E-state index contributed by atoms with van der Waals surface area (Å²) in [7, 11) is 0. The zero-order chi connectivity index (χ0) is 14.8. The van der Waals surface area contributed by atoms with E-state index in [2.05, 4.69) is 15.0 Å². The van der Waals surface area contributed by atoms with Gasteiger partial charge < -0.3 is 14.4 Å². The summed E-state index contributed by atoms with van der Waals surface area (Å²) in [5, 5.41) is 4.34. The Balaban J connectivity index is 2.04. The molecule has 112 valence electrons. The first-order chi connectivity index (χ1) is 10.2. The van der Waals surface area contributed by atoms with Gasteiger partial charge in [-0.3, -0.25) is 0 Å². The Hall–Kier alpha value is -2.15. The minimum Gasteiger partial charge on any atom is -0.461 e. The van der Waals surface area contributed by atoms with E-state index in [-0.39, 0.29) is 5.69 Å². The lowest BCUT2D eigenvalue weighted by atomic mass is 10.3. The van der Waals surface area contributed by atoms with E-state index in [4.69, 9.17) is 9.47 Å². The number of fused-ring (bicyclic) bond motifs is 1. The molecule has 0 bridgehead atoms. The Labute approximate surface area is 122 Å². The number of carbonyl (C=O) groups is 1. The summed E-state index contributed by atoms with van der Waals surface area (Å²) < 4.78 is 12.1. The van der Waals surface area contributed by atoms with Crippen molar-refractivity contribution in [3.63, 3.8) is 0 Å². The smallest absolute Gasteiger partial charge is 0.358 e. The summed E-state index contributed by atoms with van der Waals surface area (Å²) in [5.41, 5.74) is 1.82. The molecule has 3 rings (SSSR count). The number of esters is 1. The number of anilines is 1. The lowest BCUT2D eigenvalue weighted by Crippen LogP contribution is -2.37. The fraction of sp³-hybridized carbons (Fsp3) is 0.500. The Morgan fingerprint density at radius 3 is 2.86 bits per heavy atom. The lowest BCUT2D eigenvalue weighted by molar-refractivity contribution is 0.0519. The van der Waals surface area contributed by atoms with Crippen LogP contribution in [0, 0.1) is 6.92 Å². The predicted molar refractivity (Wildman–Crippen MR) is 76.7 cm³/mol. The van der Waals surface area contributed by atoms with Gasteiger partial charge >= 0.3 is 5.97 Å². The topological polar surface area (TPSA) is 69.0 Å². The highest BCUT2D eigenvalue weighted by Gasteiger charge is 2.19. The van der Waals surface area contributed by atoms with Crippen LogP contribution >= 0.6 is 0 Å². The number of hydrogen-bond donors (Lipinski definition) is 0. The molecule has 0 saturated carbocycles. The van der Waals surface area contributed by atoms with Gasteiger partial charge in [-0.25, -0.2) is 9.78 Å². The highest BCUT2D eigenvalue weighted by molar-refractivity contribution is 5.88. The molecule has 0 aliphatic carbocycles. The molecule has 2 aromatic heterocycles. The molecular weight excluding hydrogens is 272 g/mol. The van der Waals surface area contributed by atoms with E-state index in [1.54, 1.807) is 17.5 Å². The summed E-state index contributed by atoms with van der Waals surface area (Å²) in [6.45, 7) is 7.01. The molecule has 21 heavy (non-hydrogen) atoms. The normalized spacial score (nSPS) is 15.4. The molecule has 0 unspecified atom stereocenters. The molecule has 7 heteroatoms. The molecule has 0 aromatic carbocycles. The van der Waals surface area contributed by atoms with Crippen LogP contribution in [0.25, 0.3) is 5.65 Å². The van der Waals surface area contributed by atoms with Gasteiger partial charge in [-0.1, -0.05) is 0 Å². The number of ether oxygens (including phenoxy) is 2. The maximum absolute atomic E-state index is 11.8. The highest BCUT2D eigenvalue weighted by Crippen LogP contribution is 2.19. The predicted octanol–water partition coefficient (Wildman–Crippen LogP) is 1.05. The molecule has 0 spiro atoms. The first kappa shape index (κ1) is 13.8. The van der Waals surface area contributed by atoms with Crippen molar-refractivity contribution < 1.29 is 14.3 Å². The van der Waals surface area contributed by atoms with Gasteiger partial charge in [0.25, 0.3) is 0 Å². The fourth-order valence-electron chi connectivity index (χ4n) is 2.40. The van der Waals surface area contributed by atoms with Crippen LogP contribution in [-0.4, -0.2) is 53.5 Å². The van der Waals surface area contributed by atoms with Gasteiger partial charge in [-0.05, 0) is 13.8 Å². The van der Waals surface area contributed by atoms with Gasteiger partial charge in [-0.15, -0.1) is 0 Å². The second kappa shape index (κ2) is 5.69. The summed E-state index contributed by atoms with van der Waals surface area (Å²) in [6.07, 6.45) is 0. The van der Waals surface area contributed by atoms with Crippen LogP contribution in [-0.2, 0) is 9.47 Å². The maximum Gasteiger partial charge on any atom is 0.358 e. The van der Waals surface area contributed by atoms with Crippen molar-refractivity contribution in [2.24, 2.45) is 0 Å². The van der Waals surface area contributed by atoms with E-state index in [9.17, 15) is 4.79 Å². The molecule has 3 heterocycles. The van der Waals surface area contributed by atoms with E-state index in [0.717, 1.165) is 24.6 Å². The third kappa shape index (κ3) is 2.69. The van der Waals surface area contributed by atoms with Crippen LogP contribution in [0.3, 0.4) is 0 Å². The van der Waals surface area contributed by atoms with E-state index in [1.807, 2.05) is 13.0 Å². The van der Waals surface area contributed by atoms with Crippen molar-refractivity contribution >= 4 is 17.4 Å². The molecule has 7 nitrogen and oxygen atoms in total. The first-order valence-corrected chi connectivity index (χ1v) is 7.06. The Kier molecular flexibility index (Phi) is 3.74. The number of aryl methyl sites for hydroxylation is 1. The van der Waals surface area contributed by atoms with Gasteiger partial charge in [0.1, 0.15) is 5.82 Å². The van der Waals surface area contributed by atoms with Crippen LogP contribution in [0.5, 0.6) is 0 Å². The van der Waals surface area contributed by atoms with Crippen molar-refractivity contribution in [2.45, 2.75) is 13.8 Å². The van der Waals surface area contributed by atoms with Crippen LogP contribution in [0.1, 0.15) is 23.1 Å². The Morgan fingerprint density at radius 1 is 1.38 bits per heavy atom. The lowest BCUT2D eigenvalue weighted by Gasteiger charge is -2.28. The maximum atomic E-state index is 11.8. The number of carbonyl (C=O) groups excluding carboxylic acids is 1. The average Bonchev–Trinajstić information content (AvgIpc) is 2.91. The molecule has 2 aromatic rings. The molecule has 0 N–H and O–H groups in total. The summed E-state index contributed by atoms with van der Waals surface area (Å²) >= 11 is 0. The molecule has 1 fully saturated rings. The second-order valence-electron chi connectivity index (χ2n) is 4.88. The Bertz CT molecular complexity index is 662. The van der Waals surface area contributed by atoms with Gasteiger partial charge in [0, 0.05) is 30.9 Å². The third-order valence-electron chi connectivity index (χ3n) is 3.36. The van der Waals surface area contributed by atoms with E-state index in [1.165, 1.54) is 0 Å². The van der Waals surface area contributed by atoms with Gasteiger partial charge in [0.05, 0.1) is 19.8 Å². The molecule has 1 saturated heterocycles. The SMILES string of the molecule is CCOC(=O)c1cc2nc(C)cc(N3CCOCC3)n2n1. The Morgan fingerprint density at radius 2 is 2.14 bits per heavy atom. The molecule has 0 radical (unpaired) electrons. The van der Waals surface area contributed by atoms with E-state index >= 15 is 0 Å². The van der Waals surface area contributed by atoms with Crippen molar-refractivity contribution in [1.82, 2.24) is 14.6 Å². The number of hydrogen-bond acceptors (Lipinski definition) is 6. The van der Waals surface area contributed by atoms with E-state index in [0.29, 0.717) is 25.5 Å². The third-order valence-corrected chi connectivity index (χ3v) is 3.36. The second-order valence-corrected chi connectivity index (χ2v) is 4.88. The molecule has 0 amide bonds. The highest BCUT2D eigenvalue weighted by atomic mass is 16.5. The van der Waals surface area contributed by atoms with Crippen LogP contribution < -0.4 is 4.90 Å². The molecule has 1 aliphatic heterocycles. The molecular formula is C14H18N4O3. The van der Waals surface area contributed by atoms with Gasteiger partial charge in [0.2, 0.25) is 0 Å². The zero-order valence-electron chi connectivity index (χ0n) is 12.2. The number of nitrogens with zero attached hydrogens (tertiary/aromatic N) is 4. The summed E-state index contributed by atoms with van der Waals surface area (Å²) in [5.74, 6) is 0.505. The number of morpholine rings is 1. The van der Waals surface area contributed by atoms with Crippen LogP contribution in [0.2, 0.25) is 0 Å². The van der Waals surface area contributed by atoms with Gasteiger partial charge in [-0.2, -0.15) is 9.61 Å². The van der Waals surface area contributed by atoms with Crippen molar-refractivity contribution in [2.75, 3.05) is 37.8 Å². The largest absolute Gasteiger partial charge is 0.461 e. The van der Waals surface area contributed by atoms with Crippen LogP contribution in [0.15, 0.2) is 12.1 Å². The molecule has 1 aliphatic rings. The first-order valence-electron chi connectivity index (χ1n) is 7.06. The fourth-order valence-corrected chi connectivity index (χ4v) is 2.40. The standard InChI is InChI=1S/C14H18N4O3/c1-3-21-14(19)11-9-12-15-10(2)8-13(18(12)16-11)17-4-6-20-7-5-17/h8-9H,3-7H2,1-2H3. The van der Waals surface area contributed by atoms with Crippen molar-refractivity contribution in [3.8, 4) is 0 Å². The van der Waals surface area contributed by atoms with Crippen LogP contribution in [0.4, 0.5) is 5.82 Å². The van der Waals surface area contributed by atoms with Crippen molar-refractivity contribution in [1.29, 1.82) is 0 Å². The summed E-state index contributed by atoms with van der Waals surface area (Å²) in [6, 6.07) is 3.63. The van der Waals surface area contributed by atoms with E-state index < -0.39 is 5.97 Å². The van der Waals surface area contributed by atoms with Gasteiger partial charge in [0.15, 0.2) is 11.3 Å². The monoisotopic (exact) mass is 290 g/mol. The minimum absolute atomic E-state index is 0.282. The minimum atomic E-state index is -0.423. The zero-order valence-corrected chi connectivity index (χ0v) is 12.2. The van der Waals surface area contributed by atoms with Crippen molar-refractivity contribution in [3.05, 3.63) is 23.5 Å². The number of rotatable bonds is 3. The number of aromatic nitrogens is 3. The molecule has 0 atom stereocenters. The summed E-state index contributed by atoms with van der Waals surface area (Å²) in [4.78, 5) is 18.4. The average molecular weight is 290 g/mol.